The van der Waals surface area contributed by atoms with Crippen molar-refractivity contribution in [2.24, 2.45) is 53.3 Å². The summed E-state index contributed by atoms with van der Waals surface area (Å²) in [7, 11) is 4.03. The van der Waals surface area contributed by atoms with E-state index in [9.17, 15) is 4.79 Å². The van der Waals surface area contributed by atoms with Crippen LogP contribution in [0, 0.1) is 53.3 Å². The molecule has 332 valence electrons. The Morgan fingerprint density at radius 2 is 0.655 bits per heavy atom. The van der Waals surface area contributed by atoms with E-state index in [0.717, 1.165) is 72.6 Å². The largest absolute Gasteiger partial charge is 0.309 e. The number of hydrogen-bond acceptors (Lipinski definition) is 2. The topological polar surface area (TPSA) is 20.3 Å². The predicted octanol–water partition coefficient (Wildman–Crippen LogP) is 17.8. The van der Waals surface area contributed by atoms with Crippen molar-refractivity contribution < 1.29 is 4.79 Å². The standard InChI is InChI=1S/C46H94.C7H15NO/c1-12-46(37-35-45(11)33-21-32-43(9)31-20-30-41(7)25-16-14-23-39(4)5)36-34-44(10)27-18-17-26-42(8)29-19-28-40(6)24-15-13-22-38(2)3;1-7(9)5-4-6-8(2)3/h38-46H,12-37H2,1-11H3;4-6H2,1-3H3. The molecule has 2 nitrogen and oxygen atoms in total. The predicted molar refractivity (Wildman–Crippen MR) is 252 cm³/mol. The molecule has 0 fully saturated rings. The van der Waals surface area contributed by atoms with Gasteiger partial charge in [-0.25, -0.2) is 0 Å². The molecule has 0 aliphatic rings. The van der Waals surface area contributed by atoms with Crippen LogP contribution in [0.1, 0.15) is 263 Å². The first-order valence-corrected chi connectivity index (χ1v) is 25.2. The fourth-order valence-electron chi connectivity index (χ4n) is 8.62. The highest BCUT2D eigenvalue weighted by Gasteiger charge is 2.14. The van der Waals surface area contributed by atoms with E-state index >= 15 is 0 Å². The van der Waals surface area contributed by atoms with Crippen LogP contribution in [-0.4, -0.2) is 31.3 Å². The number of carbonyl (C=O) groups excluding carboxylic acids is 1. The van der Waals surface area contributed by atoms with Gasteiger partial charge in [-0.05, 0) is 87.2 Å². The van der Waals surface area contributed by atoms with Crippen LogP contribution < -0.4 is 0 Å². The van der Waals surface area contributed by atoms with Crippen molar-refractivity contribution >= 4 is 5.78 Å². The van der Waals surface area contributed by atoms with Crippen LogP contribution in [0.5, 0.6) is 0 Å². The SMILES string of the molecule is CC(=O)CCCN(C)C.CCC(CCC(C)CCCCC(C)CCCC(C)CCCCC(C)C)CCC(C)CCCC(C)CCCC(C)CCCCC(C)C. The highest BCUT2D eigenvalue weighted by Crippen LogP contribution is 2.28. The van der Waals surface area contributed by atoms with Crippen molar-refractivity contribution in [1.29, 1.82) is 0 Å². The third-order valence-electron chi connectivity index (χ3n) is 13.1. The zero-order chi connectivity index (χ0) is 41.9. The highest BCUT2D eigenvalue weighted by atomic mass is 16.1. The number of ketones is 1. The molecule has 2 heteroatoms. The minimum Gasteiger partial charge on any atom is -0.309 e. The number of unbranched alkanes of at least 4 members (excludes halogenated alkanes) is 3. The number of nitrogens with zero attached hydrogens (tertiary/aromatic N) is 1. The third kappa shape index (κ3) is 44.6. The van der Waals surface area contributed by atoms with Gasteiger partial charge >= 0.3 is 0 Å². The first-order valence-electron chi connectivity index (χ1n) is 25.2. The van der Waals surface area contributed by atoms with Crippen molar-refractivity contribution in [2.75, 3.05) is 20.6 Å². The van der Waals surface area contributed by atoms with Crippen LogP contribution >= 0.6 is 0 Å². The van der Waals surface area contributed by atoms with Crippen LogP contribution in [0.4, 0.5) is 0 Å². The van der Waals surface area contributed by atoms with Crippen LogP contribution in [-0.2, 0) is 4.79 Å². The van der Waals surface area contributed by atoms with Gasteiger partial charge in [-0.2, -0.15) is 0 Å². The summed E-state index contributed by atoms with van der Waals surface area (Å²) >= 11 is 0. The maximum absolute atomic E-state index is 10.4. The fourth-order valence-corrected chi connectivity index (χ4v) is 8.62. The molecule has 0 saturated carbocycles. The average molecular weight is 776 g/mol. The summed E-state index contributed by atoms with van der Waals surface area (Å²) in [5.74, 6) is 8.59. The van der Waals surface area contributed by atoms with Crippen LogP contribution in [0.25, 0.3) is 0 Å². The summed E-state index contributed by atoms with van der Waals surface area (Å²) in [6, 6.07) is 0. The quantitative estimate of drug-likeness (QED) is 0.0582. The van der Waals surface area contributed by atoms with Crippen LogP contribution in [0.3, 0.4) is 0 Å². The highest BCUT2D eigenvalue weighted by molar-refractivity contribution is 5.75. The van der Waals surface area contributed by atoms with Gasteiger partial charge in [0.1, 0.15) is 5.78 Å². The second kappa shape index (κ2) is 39.1. The molecule has 0 aliphatic carbocycles. The molecule has 0 spiro atoms. The second-order valence-corrected chi connectivity index (χ2v) is 21.1. The molecule has 0 N–H and O–H groups in total. The molecule has 0 radical (unpaired) electrons. The van der Waals surface area contributed by atoms with Crippen molar-refractivity contribution in [3.8, 4) is 0 Å². The molecule has 0 aromatic heterocycles. The molecule has 0 aromatic rings. The zero-order valence-electron chi connectivity index (χ0n) is 41.1. The lowest BCUT2D eigenvalue weighted by Crippen LogP contribution is -2.13. The molecule has 0 rings (SSSR count). The van der Waals surface area contributed by atoms with E-state index in [0.29, 0.717) is 0 Å². The minimum absolute atomic E-state index is 0.289. The zero-order valence-corrected chi connectivity index (χ0v) is 41.1. The molecule has 0 bridgehead atoms. The summed E-state index contributed by atoms with van der Waals surface area (Å²) < 4.78 is 0. The Balaban J connectivity index is 0. The van der Waals surface area contributed by atoms with E-state index in [-0.39, 0.29) is 5.78 Å². The van der Waals surface area contributed by atoms with Gasteiger partial charge in [-0.1, -0.05) is 243 Å². The van der Waals surface area contributed by atoms with E-state index in [4.69, 9.17) is 0 Å². The molecule has 0 heterocycles. The van der Waals surface area contributed by atoms with Crippen molar-refractivity contribution in [2.45, 2.75) is 263 Å². The van der Waals surface area contributed by atoms with E-state index in [2.05, 4.69) is 81.1 Å². The Morgan fingerprint density at radius 1 is 0.382 bits per heavy atom. The minimum atomic E-state index is 0.289. The van der Waals surface area contributed by atoms with Gasteiger partial charge in [0.05, 0.1) is 0 Å². The van der Waals surface area contributed by atoms with E-state index in [1.807, 2.05) is 14.1 Å². The number of hydrogen-bond donors (Lipinski definition) is 0. The fraction of sp³-hybridized carbons (Fsp3) is 0.981. The molecular formula is C53H109NO. The summed E-state index contributed by atoms with van der Waals surface area (Å²) in [6.07, 6.45) is 39.4. The first kappa shape index (κ1) is 56.7. The summed E-state index contributed by atoms with van der Waals surface area (Å²) in [6.45, 7) is 29.6. The van der Waals surface area contributed by atoms with Gasteiger partial charge in [0, 0.05) is 6.42 Å². The van der Waals surface area contributed by atoms with E-state index in [1.54, 1.807) is 6.92 Å². The first-order chi connectivity index (χ1) is 26.0. The normalized spacial score (nSPS) is 15.8. The third-order valence-corrected chi connectivity index (χ3v) is 13.1. The molecule has 0 amide bonds. The lowest BCUT2D eigenvalue weighted by atomic mass is 9.85. The molecular weight excluding hydrogens is 667 g/mol. The van der Waals surface area contributed by atoms with Gasteiger partial charge in [0.2, 0.25) is 0 Å². The van der Waals surface area contributed by atoms with Gasteiger partial charge in [0.15, 0.2) is 0 Å². The number of carbonyl (C=O) groups is 1. The summed E-state index contributed by atoms with van der Waals surface area (Å²) in [5.41, 5.74) is 0. The van der Waals surface area contributed by atoms with Crippen molar-refractivity contribution in [3.05, 3.63) is 0 Å². The Kier molecular flexibility index (Phi) is 40.3. The Hall–Kier alpha value is -0.370. The number of rotatable bonds is 38. The Labute approximate surface area is 351 Å². The van der Waals surface area contributed by atoms with Crippen LogP contribution in [0.2, 0.25) is 0 Å². The molecule has 7 atom stereocenters. The molecule has 7 unspecified atom stereocenters. The summed E-state index contributed by atoms with van der Waals surface area (Å²) in [5, 5.41) is 0. The molecule has 55 heavy (non-hydrogen) atoms. The van der Waals surface area contributed by atoms with Gasteiger partial charge < -0.3 is 9.69 Å². The van der Waals surface area contributed by atoms with Crippen molar-refractivity contribution in [3.63, 3.8) is 0 Å². The Morgan fingerprint density at radius 3 is 0.909 bits per heavy atom. The summed E-state index contributed by atoms with van der Waals surface area (Å²) in [4.78, 5) is 12.5. The Bertz CT molecular complexity index is 787. The van der Waals surface area contributed by atoms with E-state index in [1.165, 1.54) is 167 Å². The van der Waals surface area contributed by atoms with Crippen LogP contribution in [0.15, 0.2) is 0 Å². The molecule has 0 aromatic carbocycles. The van der Waals surface area contributed by atoms with Gasteiger partial charge in [-0.3, -0.25) is 0 Å². The lowest BCUT2D eigenvalue weighted by Gasteiger charge is -2.20. The monoisotopic (exact) mass is 776 g/mol. The maximum Gasteiger partial charge on any atom is 0.129 e. The number of Topliss-reactive ketones (excluding diaryl/α,β-unsaturated/α-hetero) is 1. The second-order valence-electron chi connectivity index (χ2n) is 21.1. The van der Waals surface area contributed by atoms with Crippen molar-refractivity contribution in [1.82, 2.24) is 4.90 Å². The molecule has 0 aliphatic heterocycles. The lowest BCUT2D eigenvalue weighted by molar-refractivity contribution is -0.117. The average Bonchev–Trinajstić information content (AvgIpc) is 3.10. The maximum atomic E-state index is 10.4. The van der Waals surface area contributed by atoms with E-state index < -0.39 is 0 Å². The van der Waals surface area contributed by atoms with Gasteiger partial charge in [0.25, 0.3) is 0 Å². The smallest absolute Gasteiger partial charge is 0.129 e. The van der Waals surface area contributed by atoms with Gasteiger partial charge in [-0.15, -0.1) is 0 Å². The molecule has 0 saturated heterocycles.